The van der Waals surface area contributed by atoms with E-state index in [1.165, 1.54) is 26.2 Å². The largest absolute Gasteiger partial charge is 0.508 e. The number of nitrogens with two attached hydrogens (primary N) is 3. The lowest BCUT2D eigenvalue weighted by Gasteiger charge is -2.33. The van der Waals surface area contributed by atoms with E-state index in [-0.39, 0.29) is 50.9 Å². The Morgan fingerprint density at radius 2 is 1.31 bits per heavy atom. The van der Waals surface area contributed by atoms with Gasteiger partial charge in [-0.1, -0.05) is 76.0 Å². The maximum Gasteiger partial charge on any atom is 0.250 e. The molecule has 0 radical (unpaired) electrons. The normalized spacial score (nSPS) is 18.1. The summed E-state index contributed by atoms with van der Waals surface area (Å²) in [5, 5.41) is 39.6. The predicted molar refractivity (Wildman–Crippen MR) is 302 cm³/mol. The number of benzene rings is 2. The summed E-state index contributed by atoms with van der Waals surface area (Å²) in [6.45, 7) is 4.77. The van der Waals surface area contributed by atoms with Gasteiger partial charge in [0.25, 0.3) is 5.91 Å². The van der Waals surface area contributed by atoms with Crippen LogP contribution in [0.25, 0.3) is 0 Å². The summed E-state index contributed by atoms with van der Waals surface area (Å²) in [6.07, 6.45) is 3.01. The molecule has 1 heterocycles. The second-order valence-corrected chi connectivity index (χ2v) is 21.8. The van der Waals surface area contributed by atoms with Gasteiger partial charge in [0.2, 0.25) is 53.2 Å². The highest BCUT2D eigenvalue weighted by atomic mass is 32.1. The molecule has 2 aromatic carbocycles. The van der Waals surface area contributed by atoms with Crippen LogP contribution in [0.5, 0.6) is 11.5 Å². The van der Waals surface area contributed by atoms with Crippen molar-refractivity contribution in [3.8, 4) is 11.5 Å². The molecule has 0 bridgehead atoms. The molecule has 80 heavy (non-hydrogen) atoms. The lowest BCUT2D eigenvalue weighted by Crippen LogP contribution is -2.63. The van der Waals surface area contributed by atoms with Crippen LogP contribution < -0.4 is 59.2 Å². The van der Waals surface area contributed by atoms with Gasteiger partial charge < -0.3 is 74.3 Å². The Bertz CT molecular complexity index is 2500. The minimum atomic E-state index is -1.81. The fraction of sp³-hybridized carbons (Fsp3) is 0.574. The Kier molecular flexibility index (Phi) is 26.1. The molecule has 2 aromatic rings. The first-order valence-electron chi connectivity index (χ1n) is 26.9. The molecule has 1 aliphatic heterocycles. The number of nitrogens with zero attached hydrogens (tertiary/aromatic N) is 1. The molecule has 0 aromatic heterocycles. The van der Waals surface area contributed by atoms with Crippen molar-refractivity contribution in [1.82, 2.24) is 42.1 Å². The molecule has 26 heteroatoms. The number of aliphatic hydroxyl groups is 1. The number of nitrogens with one attached hydrogen (secondary N) is 7. The number of ether oxygens (including phenoxy) is 1. The van der Waals surface area contributed by atoms with Gasteiger partial charge in [-0.05, 0) is 93.3 Å². The number of carbonyl (C=O) groups is 10. The van der Waals surface area contributed by atoms with E-state index in [1.807, 2.05) is 0 Å². The number of amides is 10. The number of likely N-dealkylation sites (tertiary alicyclic amines) is 1. The van der Waals surface area contributed by atoms with Crippen molar-refractivity contribution < 1.29 is 62.9 Å². The first-order valence-corrected chi connectivity index (χ1v) is 27.8. The Labute approximate surface area is 476 Å². The Morgan fingerprint density at radius 3 is 1.88 bits per heavy atom. The standard InChI is InChI=1S/C54H79N11O13S2/c1-5-30(2)44(63-49(73)38(26-32-13-17-34(67)18-14-32)58-43(69)28-54(80)21-7-6-8-22-54)51(75)64-45(31(3)66)52(76)61-39(27-42(56)68)48(72)62-40(29-79)53(77)65-24-10-12-41(65)50(74)59-36(11-9-23-55)47(71)60-37(46(57)70)25-33-15-19-35(78-4)20-16-33/h13-20,29-31,36-41,44-45,66-67,80H,5-12,21-28,55H2,1-4H3,(H2,56,68)(H2,57,70)(H,58,69)(H,59,74)(H,60,71)(H,61,76)(H,62,72)(H,63,73)(H,64,75)/t30-,31+,36-,37-,38-,39-,40-,41-,44-,45-/m0/s1. The monoisotopic (exact) mass is 1150 g/mol. The summed E-state index contributed by atoms with van der Waals surface area (Å²) < 4.78 is 4.62. The number of primary amides is 2. The van der Waals surface area contributed by atoms with Crippen molar-refractivity contribution in [2.75, 3.05) is 20.2 Å². The van der Waals surface area contributed by atoms with E-state index in [1.54, 1.807) is 50.2 Å². The van der Waals surface area contributed by atoms with E-state index in [4.69, 9.17) is 46.8 Å². The van der Waals surface area contributed by atoms with Crippen LogP contribution in [0.3, 0.4) is 0 Å². The van der Waals surface area contributed by atoms with E-state index in [9.17, 15) is 58.2 Å². The van der Waals surface area contributed by atoms with Crippen LogP contribution in [0.2, 0.25) is 0 Å². The third-order valence-corrected chi connectivity index (χ3v) is 15.2. The summed E-state index contributed by atoms with van der Waals surface area (Å²) >= 11 is 9.95. The van der Waals surface area contributed by atoms with Gasteiger partial charge in [0.05, 0.1) is 19.6 Å². The number of aliphatic hydroxyl groups excluding tert-OH is 1. The SMILES string of the molecule is CC[C@H](C)[C@H](NC(=O)[C@H](Cc1ccc(O)cc1)NC(=O)CC1(S)CCCCC1)C(=O)N[C@H](C(=O)N[C@@H](CC(N)=O)C(=O)N[C@@H](C=S)C(=O)N1CCC[C@H]1C(=O)N[C@@H](CCCN)C(=O)N[C@@H](Cc1ccc(OC)cc1)C(N)=O)[C@@H](C)O. The predicted octanol–water partition coefficient (Wildman–Crippen LogP) is -0.880. The summed E-state index contributed by atoms with van der Waals surface area (Å²) in [5.41, 5.74) is 18.1. The molecule has 1 aliphatic carbocycles. The molecule has 4 rings (SSSR count). The second-order valence-electron chi connectivity index (χ2n) is 20.6. The van der Waals surface area contributed by atoms with Crippen LogP contribution in [0.1, 0.15) is 109 Å². The van der Waals surface area contributed by atoms with Crippen molar-refractivity contribution in [2.45, 2.75) is 170 Å². The number of phenolic OH excluding ortho intramolecular Hbond substituents is 1. The highest BCUT2D eigenvalue weighted by Gasteiger charge is 2.41. The number of hydrogen-bond donors (Lipinski definition) is 13. The van der Waals surface area contributed by atoms with Crippen molar-refractivity contribution >= 4 is 89.3 Å². The fourth-order valence-electron chi connectivity index (χ4n) is 9.52. The number of aromatic hydroxyl groups is 1. The van der Waals surface area contributed by atoms with Crippen molar-refractivity contribution in [3.63, 3.8) is 0 Å². The van der Waals surface area contributed by atoms with Crippen LogP contribution in [-0.4, -0.2) is 159 Å². The topological polar surface area (TPSA) is 386 Å². The summed E-state index contributed by atoms with van der Waals surface area (Å²) in [5.74, 6) is -8.61. The molecule has 2 aliphatic rings. The van der Waals surface area contributed by atoms with Crippen LogP contribution in [0.15, 0.2) is 48.5 Å². The average Bonchev–Trinajstić information content (AvgIpc) is 3.93. The zero-order valence-electron chi connectivity index (χ0n) is 45.7. The smallest absolute Gasteiger partial charge is 0.250 e. The summed E-state index contributed by atoms with van der Waals surface area (Å²) in [7, 11) is 1.50. The van der Waals surface area contributed by atoms with Gasteiger partial charge in [0.15, 0.2) is 0 Å². The number of rotatable bonds is 31. The molecule has 1 saturated heterocycles. The average molecular weight is 1150 g/mol. The first kappa shape index (κ1) is 65.6. The van der Waals surface area contributed by atoms with E-state index in [2.05, 4.69) is 37.2 Å². The molecule has 15 N–H and O–H groups in total. The zero-order valence-corrected chi connectivity index (χ0v) is 47.4. The Hall–Kier alpha value is -6.90. The molecular formula is C54H79N11O13S2. The number of methoxy groups -OCH3 is 1. The van der Waals surface area contributed by atoms with Crippen molar-refractivity contribution in [2.24, 2.45) is 23.1 Å². The van der Waals surface area contributed by atoms with Gasteiger partial charge in [0, 0.05) is 35.9 Å². The molecule has 2 fully saturated rings. The summed E-state index contributed by atoms with van der Waals surface area (Å²) in [4.78, 5) is 137. The van der Waals surface area contributed by atoms with Crippen LogP contribution in [0, 0.1) is 5.92 Å². The molecule has 24 nitrogen and oxygen atoms in total. The van der Waals surface area contributed by atoms with Gasteiger partial charge in [0.1, 0.15) is 59.8 Å². The quantitative estimate of drug-likeness (QED) is 0.0322. The van der Waals surface area contributed by atoms with E-state index < -0.39 is 131 Å². The molecule has 10 atom stereocenters. The molecule has 0 unspecified atom stereocenters. The van der Waals surface area contributed by atoms with Gasteiger partial charge in [-0.2, -0.15) is 12.6 Å². The number of carbonyl (C=O) groups excluding carboxylic acids is 10. The third kappa shape index (κ3) is 20.0. The van der Waals surface area contributed by atoms with Crippen molar-refractivity contribution in [3.05, 3.63) is 59.7 Å². The van der Waals surface area contributed by atoms with Crippen LogP contribution in [-0.2, 0) is 60.8 Å². The maximum absolute atomic E-state index is 14.2. The van der Waals surface area contributed by atoms with Crippen LogP contribution >= 0.6 is 24.8 Å². The molecule has 440 valence electrons. The van der Waals surface area contributed by atoms with Crippen LogP contribution in [0.4, 0.5) is 0 Å². The van der Waals surface area contributed by atoms with Gasteiger partial charge >= 0.3 is 0 Å². The van der Waals surface area contributed by atoms with Gasteiger partial charge in [-0.25, -0.2) is 0 Å². The lowest BCUT2D eigenvalue weighted by molar-refractivity contribution is -0.141. The Balaban J connectivity index is 1.46. The number of phenols is 1. The first-order chi connectivity index (χ1) is 37.9. The number of thiocarbonyl (C=S) groups is 1. The fourth-order valence-corrected chi connectivity index (χ4v) is 10.2. The number of thiol groups is 1. The molecule has 0 spiro atoms. The van der Waals surface area contributed by atoms with Crippen molar-refractivity contribution in [1.29, 1.82) is 0 Å². The molecule has 1 saturated carbocycles. The zero-order chi connectivity index (χ0) is 59.3. The Morgan fingerprint density at radius 1 is 0.750 bits per heavy atom. The minimum absolute atomic E-state index is 0.0138. The third-order valence-electron chi connectivity index (χ3n) is 14.3. The lowest BCUT2D eigenvalue weighted by atomic mass is 9.85. The summed E-state index contributed by atoms with van der Waals surface area (Å²) in [6, 6.07) is 1.49. The number of hydrogen-bond acceptors (Lipinski definition) is 16. The van der Waals surface area contributed by atoms with Gasteiger partial charge in [-0.15, -0.1) is 0 Å². The highest BCUT2D eigenvalue weighted by molar-refractivity contribution is 7.81. The minimum Gasteiger partial charge on any atom is -0.508 e. The van der Waals surface area contributed by atoms with Gasteiger partial charge in [-0.3, -0.25) is 47.9 Å². The molecule has 10 amide bonds. The van der Waals surface area contributed by atoms with E-state index in [0.717, 1.165) is 42.4 Å². The van der Waals surface area contributed by atoms with E-state index >= 15 is 0 Å². The second kappa shape index (κ2) is 31.8. The maximum atomic E-state index is 14.2. The highest BCUT2D eigenvalue weighted by Crippen LogP contribution is 2.36. The molecular weight excluding hydrogens is 1070 g/mol. The van der Waals surface area contributed by atoms with E-state index in [0.29, 0.717) is 36.1 Å².